The number of phenolic OH excluding ortho intramolecular Hbond substituents is 1. The maximum Gasteiger partial charge on any atom is 0.164 e. The number of aromatic nitrogens is 2. The first-order valence-corrected chi connectivity index (χ1v) is 14.0. The Morgan fingerprint density at radius 3 is 2.63 bits per heavy atom. The highest BCUT2D eigenvalue weighted by molar-refractivity contribution is 7.13. The standard InChI is InChI=1S/C31H34N2O4S/c1-30(2)26-14-20-10-18(12-23(34)29(20)37-31(26,3)9-8-27(30)35)6-7-19-11-22-28(24(13-19)36-5)21(16-33(22)4)25-15-32-17-38-25/h6-7,10-13,15-17,26-27,34-35H,8-9,14H2,1-5H3/b7-6+/t26-,27-,31-/m1/s1. The van der Waals surface area contributed by atoms with Crippen LogP contribution in [0.15, 0.2) is 42.2 Å². The summed E-state index contributed by atoms with van der Waals surface area (Å²) in [5.41, 5.74) is 6.25. The number of hydrogen-bond donors (Lipinski definition) is 2. The van der Waals surface area contributed by atoms with E-state index >= 15 is 0 Å². The molecule has 198 valence electrons. The summed E-state index contributed by atoms with van der Waals surface area (Å²) in [5.74, 6) is 1.71. The summed E-state index contributed by atoms with van der Waals surface area (Å²) in [5, 5.41) is 22.7. The molecular weight excluding hydrogens is 496 g/mol. The van der Waals surface area contributed by atoms with E-state index in [1.165, 1.54) is 0 Å². The van der Waals surface area contributed by atoms with Gasteiger partial charge in [-0.3, -0.25) is 4.98 Å². The summed E-state index contributed by atoms with van der Waals surface area (Å²) in [4.78, 5) is 5.35. The number of aromatic hydroxyl groups is 1. The summed E-state index contributed by atoms with van der Waals surface area (Å²) >= 11 is 1.61. The molecule has 2 aromatic carbocycles. The van der Waals surface area contributed by atoms with Gasteiger partial charge in [-0.15, -0.1) is 11.3 Å². The van der Waals surface area contributed by atoms with Crippen LogP contribution in [0.1, 0.15) is 50.3 Å². The number of aliphatic hydroxyl groups is 1. The number of aryl methyl sites for hydroxylation is 1. The van der Waals surface area contributed by atoms with E-state index in [-0.39, 0.29) is 23.2 Å². The van der Waals surface area contributed by atoms with Crippen LogP contribution in [-0.2, 0) is 13.5 Å². The molecule has 1 fully saturated rings. The zero-order valence-corrected chi connectivity index (χ0v) is 23.3. The molecule has 4 aromatic rings. The molecule has 2 aliphatic rings. The molecule has 3 atom stereocenters. The molecule has 1 aliphatic heterocycles. The average molecular weight is 531 g/mol. The second-order valence-corrected chi connectivity index (χ2v) is 12.4. The fourth-order valence-electron chi connectivity index (χ4n) is 6.59. The highest BCUT2D eigenvalue weighted by atomic mass is 32.1. The zero-order valence-electron chi connectivity index (χ0n) is 22.5. The van der Waals surface area contributed by atoms with Crippen LogP contribution in [0.25, 0.3) is 33.5 Å². The van der Waals surface area contributed by atoms with Crippen LogP contribution in [0.5, 0.6) is 17.2 Å². The number of nitrogens with zero attached hydrogens (tertiary/aromatic N) is 2. The van der Waals surface area contributed by atoms with Crippen molar-refractivity contribution in [3.63, 3.8) is 0 Å². The Morgan fingerprint density at radius 2 is 1.92 bits per heavy atom. The highest BCUT2D eigenvalue weighted by Crippen LogP contribution is 2.54. The molecule has 0 radical (unpaired) electrons. The van der Waals surface area contributed by atoms with Crippen molar-refractivity contribution in [1.29, 1.82) is 0 Å². The Bertz CT molecular complexity index is 1550. The van der Waals surface area contributed by atoms with Gasteiger partial charge < -0.3 is 24.3 Å². The Hall–Kier alpha value is -3.29. The molecule has 0 amide bonds. The summed E-state index contributed by atoms with van der Waals surface area (Å²) in [6.45, 7) is 6.38. The molecule has 0 unspecified atom stereocenters. The van der Waals surface area contributed by atoms with Crippen molar-refractivity contribution in [2.24, 2.45) is 18.4 Å². The lowest BCUT2D eigenvalue weighted by Gasteiger charge is -2.55. The largest absolute Gasteiger partial charge is 0.504 e. The number of fused-ring (bicyclic) bond motifs is 3. The zero-order chi connectivity index (χ0) is 26.8. The van der Waals surface area contributed by atoms with Gasteiger partial charge in [0.05, 0.1) is 34.5 Å². The number of thiazole rings is 1. The Kier molecular flexibility index (Phi) is 5.85. The lowest BCUT2D eigenvalue weighted by Crippen LogP contribution is -2.58. The van der Waals surface area contributed by atoms with Crippen molar-refractivity contribution in [2.75, 3.05) is 7.11 Å². The molecule has 0 saturated heterocycles. The second-order valence-electron chi connectivity index (χ2n) is 11.5. The predicted octanol–water partition coefficient (Wildman–Crippen LogP) is 6.68. The van der Waals surface area contributed by atoms with Gasteiger partial charge in [-0.25, -0.2) is 0 Å². The van der Waals surface area contributed by atoms with Gasteiger partial charge in [0, 0.05) is 30.9 Å². The van der Waals surface area contributed by atoms with Crippen molar-refractivity contribution in [3.05, 3.63) is 58.9 Å². The summed E-state index contributed by atoms with van der Waals surface area (Å²) in [7, 11) is 3.74. The molecular formula is C31H34N2O4S. The monoisotopic (exact) mass is 530 g/mol. The number of aliphatic hydroxyl groups excluding tert-OH is 1. The third-order valence-electron chi connectivity index (χ3n) is 8.80. The van der Waals surface area contributed by atoms with Gasteiger partial charge >= 0.3 is 0 Å². The number of hydrogen-bond acceptors (Lipinski definition) is 6. The lowest BCUT2D eigenvalue weighted by molar-refractivity contribution is -0.138. The normalized spacial score (nSPS) is 24.3. The molecule has 1 aliphatic carbocycles. The number of benzene rings is 2. The van der Waals surface area contributed by atoms with Gasteiger partial charge in [0.1, 0.15) is 11.4 Å². The van der Waals surface area contributed by atoms with Crippen molar-refractivity contribution in [2.45, 2.75) is 51.7 Å². The third kappa shape index (κ3) is 3.91. The average Bonchev–Trinajstić information content (AvgIpc) is 3.53. The highest BCUT2D eigenvalue weighted by Gasteiger charge is 2.54. The first-order valence-electron chi connectivity index (χ1n) is 13.1. The second kappa shape index (κ2) is 8.89. The molecule has 7 heteroatoms. The SMILES string of the molecule is COc1cc(/C=C/c2cc(O)c3c(c2)C[C@@H]2C(C)(C)[C@H](O)CC[C@@]2(C)O3)cc2c1c(-c1cncs1)cn2C. The van der Waals surface area contributed by atoms with Crippen molar-refractivity contribution in [1.82, 2.24) is 9.55 Å². The van der Waals surface area contributed by atoms with Crippen molar-refractivity contribution >= 4 is 34.4 Å². The molecule has 6 nitrogen and oxygen atoms in total. The summed E-state index contributed by atoms with van der Waals surface area (Å²) < 4.78 is 14.4. The van der Waals surface area contributed by atoms with Gasteiger partial charge in [0.15, 0.2) is 11.5 Å². The van der Waals surface area contributed by atoms with E-state index in [4.69, 9.17) is 9.47 Å². The summed E-state index contributed by atoms with van der Waals surface area (Å²) in [6, 6.07) is 8.06. The minimum Gasteiger partial charge on any atom is -0.504 e. The lowest BCUT2D eigenvalue weighted by atomic mass is 9.57. The van der Waals surface area contributed by atoms with Gasteiger partial charge in [-0.05, 0) is 72.6 Å². The molecule has 0 spiro atoms. The van der Waals surface area contributed by atoms with E-state index in [9.17, 15) is 10.2 Å². The molecule has 38 heavy (non-hydrogen) atoms. The van der Waals surface area contributed by atoms with Crippen LogP contribution in [0.3, 0.4) is 0 Å². The predicted molar refractivity (Wildman–Crippen MR) is 153 cm³/mol. The molecule has 6 rings (SSSR count). The van der Waals surface area contributed by atoms with Crippen molar-refractivity contribution < 1.29 is 19.7 Å². The topological polar surface area (TPSA) is 76.7 Å². The molecule has 3 heterocycles. The fourth-order valence-corrected chi connectivity index (χ4v) is 7.23. The van der Waals surface area contributed by atoms with E-state index in [2.05, 4.69) is 48.7 Å². The Balaban J connectivity index is 1.35. The molecule has 0 bridgehead atoms. The number of ether oxygens (including phenoxy) is 2. The first-order chi connectivity index (χ1) is 18.1. The van der Waals surface area contributed by atoms with Crippen LogP contribution in [-0.4, -0.2) is 38.6 Å². The van der Waals surface area contributed by atoms with Crippen LogP contribution in [0.2, 0.25) is 0 Å². The van der Waals surface area contributed by atoms with E-state index in [1.807, 2.05) is 37.0 Å². The molecule has 2 N–H and O–H groups in total. The van der Waals surface area contributed by atoms with Gasteiger partial charge in [-0.2, -0.15) is 0 Å². The van der Waals surface area contributed by atoms with Crippen LogP contribution >= 0.6 is 11.3 Å². The van der Waals surface area contributed by atoms with Crippen LogP contribution in [0.4, 0.5) is 0 Å². The van der Waals surface area contributed by atoms with E-state index < -0.39 is 5.60 Å². The van der Waals surface area contributed by atoms with E-state index in [1.54, 1.807) is 24.5 Å². The number of methoxy groups -OCH3 is 1. The smallest absolute Gasteiger partial charge is 0.164 e. The minimum atomic E-state index is -0.399. The maximum atomic E-state index is 10.9. The van der Waals surface area contributed by atoms with Crippen molar-refractivity contribution in [3.8, 4) is 27.7 Å². The third-order valence-corrected chi connectivity index (χ3v) is 9.60. The Labute approximate surface area is 227 Å². The van der Waals surface area contributed by atoms with E-state index in [0.717, 1.165) is 56.6 Å². The number of phenols is 1. The minimum absolute atomic E-state index is 0.154. The Morgan fingerprint density at radius 1 is 1.16 bits per heavy atom. The van der Waals surface area contributed by atoms with E-state index in [0.29, 0.717) is 12.2 Å². The van der Waals surface area contributed by atoms with Gasteiger partial charge in [-0.1, -0.05) is 26.0 Å². The molecule has 2 aromatic heterocycles. The fraction of sp³-hybridized carbons (Fsp3) is 0.387. The first kappa shape index (κ1) is 25.0. The summed E-state index contributed by atoms with van der Waals surface area (Å²) in [6.07, 6.45) is 9.95. The maximum absolute atomic E-state index is 10.9. The van der Waals surface area contributed by atoms with Crippen LogP contribution < -0.4 is 9.47 Å². The van der Waals surface area contributed by atoms with Gasteiger partial charge in [0.2, 0.25) is 0 Å². The molecule has 1 saturated carbocycles. The van der Waals surface area contributed by atoms with Crippen LogP contribution in [0, 0.1) is 11.3 Å². The number of rotatable bonds is 4. The quantitative estimate of drug-likeness (QED) is 0.288. The van der Waals surface area contributed by atoms with Gasteiger partial charge in [0.25, 0.3) is 0 Å².